The van der Waals surface area contributed by atoms with E-state index in [1.54, 1.807) is 11.3 Å². The van der Waals surface area contributed by atoms with Gasteiger partial charge in [0, 0.05) is 28.6 Å². The van der Waals surface area contributed by atoms with E-state index in [0.717, 1.165) is 11.3 Å². The highest BCUT2D eigenvalue weighted by Gasteiger charge is 2.35. The summed E-state index contributed by atoms with van der Waals surface area (Å²) in [7, 11) is 0. The molecule has 7 nitrogen and oxygen atoms in total. The van der Waals surface area contributed by atoms with Crippen LogP contribution < -0.4 is 10.6 Å². The van der Waals surface area contributed by atoms with Gasteiger partial charge in [0.15, 0.2) is 11.3 Å². The standard InChI is InChI=1S/C21H26N6OS/c22-12-23-16-8-14(9-16)20(28)26-21-25-18(15-10-24-27(11-15)17-6-7-17)19(29-21)13-4-2-1-3-5-13/h10-11,13-14,16-17,23H,1-9H2,(H,25,26,28). The van der Waals surface area contributed by atoms with Gasteiger partial charge in [0.1, 0.15) is 0 Å². The minimum atomic E-state index is -0.0380. The van der Waals surface area contributed by atoms with E-state index >= 15 is 0 Å². The molecule has 2 aromatic heterocycles. The van der Waals surface area contributed by atoms with Gasteiger partial charge in [-0.1, -0.05) is 19.3 Å². The molecular weight excluding hydrogens is 384 g/mol. The Hall–Kier alpha value is -2.40. The largest absolute Gasteiger partial charge is 0.321 e. The number of thiazole rings is 1. The van der Waals surface area contributed by atoms with Gasteiger partial charge in [-0.2, -0.15) is 10.4 Å². The Morgan fingerprint density at radius 3 is 2.72 bits per heavy atom. The van der Waals surface area contributed by atoms with E-state index in [0.29, 0.717) is 29.9 Å². The summed E-state index contributed by atoms with van der Waals surface area (Å²) in [5.41, 5.74) is 2.07. The molecule has 8 heteroatoms. The minimum absolute atomic E-state index is 0.0187. The van der Waals surface area contributed by atoms with Crippen molar-refractivity contribution in [3.63, 3.8) is 0 Å². The molecule has 0 spiro atoms. The molecule has 2 heterocycles. The molecule has 0 radical (unpaired) electrons. The maximum Gasteiger partial charge on any atom is 0.229 e. The SMILES string of the molecule is N#CNC1CC(C(=O)Nc2nc(-c3cnn(C4CC4)c3)c(C3CCCCC3)s2)C1. The maximum atomic E-state index is 12.6. The molecular formula is C21H26N6OS. The number of hydrogen-bond donors (Lipinski definition) is 2. The number of aromatic nitrogens is 3. The van der Waals surface area contributed by atoms with Crippen LogP contribution in [0.4, 0.5) is 5.13 Å². The van der Waals surface area contributed by atoms with Crippen molar-refractivity contribution in [3.8, 4) is 17.5 Å². The molecule has 1 amide bonds. The van der Waals surface area contributed by atoms with Gasteiger partial charge < -0.3 is 10.6 Å². The number of carbonyl (C=O) groups excluding carboxylic acids is 1. The lowest BCUT2D eigenvalue weighted by atomic mass is 9.80. The molecule has 0 unspecified atom stereocenters. The van der Waals surface area contributed by atoms with Gasteiger partial charge in [-0.05, 0) is 44.4 Å². The van der Waals surface area contributed by atoms with Crippen molar-refractivity contribution < 1.29 is 4.79 Å². The summed E-state index contributed by atoms with van der Waals surface area (Å²) in [6.45, 7) is 0. The molecule has 152 valence electrons. The first-order chi connectivity index (χ1) is 14.2. The monoisotopic (exact) mass is 410 g/mol. The minimum Gasteiger partial charge on any atom is -0.321 e. The molecule has 3 saturated carbocycles. The van der Waals surface area contributed by atoms with Crippen LogP contribution >= 0.6 is 11.3 Å². The smallest absolute Gasteiger partial charge is 0.229 e. The summed E-state index contributed by atoms with van der Waals surface area (Å²) < 4.78 is 2.06. The van der Waals surface area contributed by atoms with E-state index in [-0.39, 0.29) is 17.9 Å². The highest BCUT2D eigenvalue weighted by molar-refractivity contribution is 7.16. The number of nitrogens with one attached hydrogen (secondary N) is 2. The zero-order valence-electron chi connectivity index (χ0n) is 16.4. The second-order valence-electron chi connectivity index (χ2n) is 8.62. The first-order valence-electron chi connectivity index (χ1n) is 10.7. The lowest BCUT2D eigenvalue weighted by molar-refractivity contribution is -0.122. The van der Waals surface area contributed by atoms with E-state index in [4.69, 9.17) is 10.2 Å². The Bertz CT molecular complexity index is 927. The quantitative estimate of drug-likeness (QED) is 0.550. The van der Waals surface area contributed by atoms with Crippen LogP contribution in [-0.2, 0) is 4.79 Å². The van der Waals surface area contributed by atoms with Crippen LogP contribution in [0.15, 0.2) is 12.4 Å². The third-order valence-corrected chi connectivity index (χ3v) is 7.57. The zero-order valence-corrected chi connectivity index (χ0v) is 17.2. The molecule has 3 aliphatic carbocycles. The number of nitriles is 1. The van der Waals surface area contributed by atoms with Crippen LogP contribution in [0.3, 0.4) is 0 Å². The molecule has 2 aromatic rings. The Morgan fingerprint density at radius 2 is 2.00 bits per heavy atom. The van der Waals surface area contributed by atoms with Crippen molar-refractivity contribution in [2.45, 2.75) is 75.8 Å². The number of amides is 1. The van der Waals surface area contributed by atoms with Crippen LogP contribution in [0.25, 0.3) is 11.3 Å². The Kier molecular flexibility index (Phi) is 5.00. The highest BCUT2D eigenvalue weighted by atomic mass is 32.1. The molecule has 29 heavy (non-hydrogen) atoms. The average molecular weight is 411 g/mol. The molecule has 0 atom stereocenters. The zero-order chi connectivity index (χ0) is 19.8. The third-order valence-electron chi connectivity index (χ3n) is 6.43. The van der Waals surface area contributed by atoms with Crippen LogP contribution in [0, 0.1) is 17.4 Å². The van der Waals surface area contributed by atoms with E-state index in [1.807, 2.05) is 12.4 Å². The molecule has 2 N–H and O–H groups in total. The van der Waals surface area contributed by atoms with Crippen molar-refractivity contribution in [2.75, 3.05) is 5.32 Å². The van der Waals surface area contributed by atoms with E-state index in [2.05, 4.69) is 26.6 Å². The molecule has 3 fully saturated rings. The summed E-state index contributed by atoms with van der Waals surface area (Å²) in [6, 6.07) is 0.682. The van der Waals surface area contributed by atoms with Gasteiger partial charge >= 0.3 is 0 Å². The normalized spacial score (nSPS) is 24.5. The van der Waals surface area contributed by atoms with E-state index in [9.17, 15) is 4.79 Å². The number of anilines is 1. The average Bonchev–Trinajstić information content (AvgIpc) is 3.28. The Balaban J connectivity index is 1.35. The highest BCUT2D eigenvalue weighted by Crippen LogP contribution is 2.44. The second kappa shape index (κ2) is 7.79. The summed E-state index contributed by atoms with van der Waals surface area (Å²) in [5.74, 6) is 0.508. The number of rotatable bonds is 6. The fourth-order valence-electron chi connectivity index (χ4n) is 4.48. The van der Waals surface area contributed by atoms with Gasteiger partial charge in [-0.15, -0.1) is 11.3 Å². The van der Waals surface area contributed by atoms with Crippen LogP contribution in [0.1, 0.15) is 74.6 Å². The van der Waals surface area contributed by atoms with Crippen molar-refractivity contribution >= 4 is 22.4 Å². The van der Waals surface area contributed by atoms with Crippen LogP contribution in [0.2, 0.25) is 0 Å². The van der Waals surface area contributed by atoms with Crippen LogP contribution in [0.5, 0.6) is 0 Å². The van der Waals surface area contributed by atoms with Gasteiger partial charge in [0.2, 0.25) is 5.91 Å². The van der Waals surface area contributed by atoms with Crippen molar-refractivity contribution in [2.24, 2.45) is 5.92 Å². The first-order valence-corrected chi connectivity index (χ1v) is 11.5. The summed E-state index contributed by atoms with van der Waals surface area (Å²) in [4.78, 5) is 18.8. The van der Waals surface area contributed by atoms with Gasteiger partial charge in [0.05, 0.1) is 17.9 Å². The van der Waals surface area contributed by atoms with E-state index < -0.39 is 0 Å². The summed E-state index contributed by atoms with van der Waals surface area (Å²) in [6.07, 6.45) is 16.1. The van der Waals surface area contributed by atoms with E-state index in [1.165, 1.54) is 49.8 Å². The topological polar surface area (TPSA) is 95.6 Å². The fourth-order valence-corrected chi connectivity index (χ4v) is 5.64. The fraction of sp³-hybridized carbons (Fsp3) is 0.619. The summed E-state index contributed by atoms with van der Waals surface area (Å²) >= 11 is 1.64. The lowest BCUT2D eigenvalue weighted by Gasteiger charge is -2.32. The van der Waals surface area contributed by atoms with Gasteiger partial charge in [-0.25, -0.2) is 4.98 Å². The summed E-state index contributed by atoms with van der Waals surface area (Å²) in [5, 5.41) is 19.7. The lowest BCUT2D eigenvalue weighted by Crippen LogP contribution is -2.44. The van der Waals surface area contributed by atoms with Crippen molar-refractivity contribution in [3.05, 3.63) is 17.3 Å². The molecule has 0 saturated heterocycles. The van der Waals surface area contributed by atoms with Gasteiger partial charge in [0.25, 0.3) is 0 Å². The Morgan fingerprint density at radius 1 is 1.21 bits per heavy atom. The molecule has 0 bridgehead atoms. The first kappa shape index (κ1) is 18.6. The number of hydrogen-bond acceptors (Lipinski definition) is 6. The van der Waals surface area contributed by atoms with Crippen molar-refractivity contribution in [1.29, 1.82) is 5.26 Å². The van der Waals surface area contributed by atoms with Gasteiger partial charge in [-0.3, -0.25) is 9.48 Å². The molecule has 0 aliphatic heterocycles. The van der Waals surface area contributed by atoms with Crippen LogP contribution in [-0.4, -0.2) is 26.7 Å². The molecule has 3 aliphatic rings. The molecule has 5 rings (SSSR count). The predicted octanol–water partition coefficient (Wildman–Crippen LogP) is 4.18. The number of nitrogens with zero attached hydrogens (tertiary/aromatic N) is 4. The maximum absolute atomic E-state index is 12.6. The number of carbonyl (C=O) groups is 1. The molecule has 0 aromatic carbocycles. The predicted molar refractivity (Wildman–Crippen MR) is 111 cm³/mol. The Labute approximate surface area is 174 Å². The third kappa shape index (κ3) is 3.88. The van der Waals surface area contributed by atoms with Crippen molar-refractivity contribution in [1.82, 2.24) is 20.1 Å². The second-order valence-corrected chi connectivity index (χ2v) is 9.65.